The van der Waals surface area contributed by atoms with Crippen LogP contribution in [-0.2, 0) is 4.79 Å². The van der Waals surface area contributed by atoms with Crippen LogP contribution < -0.4 is 51.8 Å². The maximum atomic E-state index is 14.9. The number of carbonyl (C=O) groups excluding carboxylic acids is 4. The van der Waals surface area contributed by atoms with E-state index in [1.807, 2.05) is 12.1 Å². The van der Waals surface area contributed by atoms with Crippen molar-refractivity contribution in [3.63, 3.8) is 0 Å². The molecule has 1 unspecified atom stereocenters. The van der Waals surface area contributed by atoms with Crippen molar-refractivity contribution in [2.45, 2.75) is 25.8 Å². The number of nitrogens with zero attached hydrogens (tertiary/aromatic N) is 3. The fourth-order valence-corrected chi connectivity index (χ4v) is 5.38. The SMILES string of the molecule is CCC1=C(C(N)=O)C(c2ccc(F)cc2F)N(C(=O)[NH2+]CCCN2CCN(c3ccccc3C(N)=O)CC2)C(=O)[NH2+]1.[Cl-].[Cl-]. The molecule has 2 aromatic carbocycles. The molecule has 1 saturated heterocycles. The number of nitrogens with two attached hydrogens (primary N) is 4. The van der Waals surface area contributed by atoms with Gasteiger partial charge in [0.2, 0.25) is 0 Å². The van der Waals surface area contributed by atoms with Crippen molar-refractivity contribution in [2.24, 2.45) is 11.5 Å². The summed E-state index contributed by atoms with van der Waals surface area (Å²) in [7, 11) is 0. The Labute approximate surface area is 260 Å². The van der Waals surface area contributed by atoms with Crippen molar-refractivity contribution >= 4 is 29.6 Å². The zero-order chi connectivity index (χ0) is 29.7. The van der Waals surface area contributed by atoms with Crippen LogP contribution in [0.5, 0.6) is 0 Å². The third-order valence-electron chi connectivity index (χ3n) is 7.43. The Bertz CT molecular complexity index is 1390. The first-order valence-electron chi connectivity index (χ1n) is 13.5. The van der Waals surface area contributed by atoms with E-state index in [0.29, 0.717) is 49.9 Å². The molecule has 8 N–H and O–H groups in total. The van der Waals surface area contributed by atoms with Crippen LogP contribution in [0.15, 0.2) is 53.7 Å². The van der Waals surface area contributed by atoms with Crippen molar-refractivity contribution in [3.8, 4) is 0 Å². The lowest BCUT2D eigenvalue weighted by Crippen LogP contribution is -3.00. The van der Waals surface area contributed by atoms with E-state index >= 15 is 0 Å². The number of piperazine rings is 1. The largest absolute Gasteiger partial charge is 1.00 e. The Morgan fingerprint density at radius 3 is 2.28 bits per heavy atom. The van der Waals surface area contributed by atoms with Crippen molar-refractivity contribution in [1.29, 1.82) is 0 Å². The molecule has 2 aromatic rings. The number of hydrogen-bond donors (Lipinski definition) is 4. The minimum absolute atomic E-state index is 0. The van der Waals surface area contributed by atoms with Crippen molar-refractivity contribution < 1.29 is 63.4 Å². The minimum Gasteiger partial charge on any atom is -1.00 e. The first-order valence-corrected chi connectivity index (χ1v) is 13.5. The van der Waals surface area contributed by atoms with Gasteiger partial charge in [0.05, 0.1) is 12.1 Å². The lowest BCUT2D eigenvalue weighted by molar-refractivity contribution is -0.570. The fraction of sp³-hybridized carbons (Fsp3) is 0.357. The van der Waals surface area contributed by atoms with Gasteiger partial charge in [0.1, 0.15) is 28.9 Å². The summed E-state index contributed by atoms with van der Waals surface area (Å²) in [6, 6.07) is 7.20. The number of primary amides is 4. The van der Waals surface area contributed by atoms with E-state index in [1.54, 1.807) is 19.1 Å². The van der Waals surface area contributed by atoms with E-state index in [2.05, 4.69) is 9.80 Å². The third kappa shape index (κ3) is 8.06. The topological polar surface area (TPSA) is 163 Å². The summed E-state index contributed by atoms with van der Waals surface area (Å²) in [6.45, 7) is 5.65. The number of quaternary nitrogens is 2. The van der Waals surface area contributed by atoms with Crippen molar-refractivity contribution in [2.75, 3.05) is 44.2 Å². The number of anilines is 1. The molecule has 2 heterocycles. The standard InChI is InChI=1S/C28H33F2N7O4.2ClH/c1-2-21-23(26(32)39)24(18-9-8-17(29)16-20(18)30)37(28(41)34-21)27(40)33-10-5-11-35-12-14-36(15-13-35)22-7-4-3-6-19(22)25(31)38;;/h3-4,6-9,16,24H,2,5,10-15H2,1H3,(H2,31,38)(H2,32,39)(H,33,40)(H,34,41);2*1H. The van der Waals surface area contributed by atoms with Gasteiger partial charge in [0.25, 0.3) is 11.8 Å². The zero-order valence-electron chi connectivity index (χ0n) is 23.6. The molecular formula is C28H35Cl2F2N7O4. The number of urea groups is 2. The van der Waals surface area contributed by atoms with Gasteiger partial charge in [-0.15, -0.1) is 0 Å². The average Bonchev–Trinajstić information content (AvgIpc) is 2.94. The normalized spacial score (nSPS) is 17.3. The van der Waals surface area contributed by atoms with E-state index in [9.17, 15) is 28.0 Å². The second kappa shape index (κ2) is 15.7. The molecule has 0 aromatic heterocycles. The number of imide groups is 1. The first-order chi connectivity index (χ1) is 19.6. The molecule has 0 bridgehead atoms. The summed E-state index contributed by atoms with van der Waals surface area (Å²) in [5.74, 6) is -3.19. The van der Waals surface area contributed by atoms with Crippen LogP contribution in [-0.4, -0.2) is 72.9 Å². The highest BCUT2D eigenvalue weighted by molar-refractivity contribution is 5.99. The molecule has 15 heteroatoms. The smallest absolute Gasteiger partial charge is 0.432 e. The third-order valence-corrected chi connectivity index (χ3v) is 7.43. The summed E-state index contributed by atoms with van der Waals surface area (Å²) in [5.41, 5.74) is 12.5. The molecule has 0 radical (unpaired) electrons. The molecule has 234 valence electrons. The Morgan fingerprint density at radius 2 is 1.67 bits per heavy atom. The Morgan fingerprint density at radius 1 is 1.00 bits per heavy atom. The Hall–Kier alpha value is -3.62. The second-order valence-corrected chi connectivity index (χ2v) is 9.97. The summed E-state index contributed by atoms with van der Waals surface area (Å²) in [4.78, 5) is 55.7. The molecular weight excluding hydrogens is 607 g/mol. The Kier molecular flexibility index (Phi) is 13.0. The first kappa shape index (κ1) is 35.6. The van der Waals surface area contributed by atoms with E-state index in [-0.39, 0.29) is 42.4 Å². The number of hydrogen-bond acceptors (Lipinski definition) is 6. The lowest BCUT2D eigenvalue weighted by Gasteiger charge is -2.36. The predicted octanol–water partition coefficient (Wildman–Crippen LogP) is -5.84. The monoisotopic (exact) mass is 641 g/mol. The molecule has 2 aliphatic heterocycles. The van der Waals surface area contributed by atoms with Crippen LogP contribution in [0, 0.1) is 11.6 Å². The van der Waals surface area contributed by atoms with Crippen LogP contribution in [0.25, 0.3) is 0 Å². The van der Waals surface area contributed by atoms with E-state index in [1.165, 1.54) is 10.6 Å². The number of carbonyl (C=O) groups is 4. The van der Waals surface area contributed by atoms with Crippen LogP contribution in [0.1, 0.15) is 41.7 Å². The highest BCUT2D eigenvalue weighted by Crippen LogP contribution is 2.33. The van der Waals surface area contributed by atoms with Crippen LogP contribution >= 0.6 is 0 Å². The predicted molar refractivity (Wildman–Crippen MR) is 145 cm³/mol. The maximum absolute atomic E-state index is 14.9. The number of para-hydroxylation sites is 1. The highest BCUT2D eigenvalue weighted by Gasteiger charge is 2.47. The second-order valence-electron chi connectivity index (χ2n) is 9.97. The van der Waals surface area contributed by atoms with Gasteiger partial charge >= 0.3 is 12.1 Å². The zero-order valence-corrected chi connectivity index (χ0v) is 25.1. The van der Waals surface area contributed by atoms with Crippen LogP contribution in [0.4, 0.5) is 24.1 Å². The molecule has 1 fully saturated rings. The molecule has 6 amide bonds. The van der Waals surface area contributed by atoms with Gasteiger partial charge in [-0.3, -0.25) is 19.8 Å². The summed E-state index contributed by atoms with van der Waals surface area (Å²) < 4.78 is 28.5. The molecule has 0 saturated carbocycles. The van der Waals surface area contributed by atoms with E-state index < -0.39 is 41.6 Å². The lowest BCUT2D eigenvalue weighted by atomic mass is 9.92. The molecule has 0 aliphatic carbocycles. The molecule has 11 nitrogen and oxygen atoms in total. The molecule has 4 rings (SSSR count). The van der Waals surface area contributed by atoms with E-state index in [0.717, 1.165) is 35.8 Å². The number of allylic oxidation sites excluding steroid dienone is 1. The van der Waals surface area contributed by atoms with Gasteiger partial charge < -0.3 is 41.2 Å². The van der Waals surface area contributed by atoms with Gasteiger partial charge in [-0.25, -0.2) is 23.7 Å². The van der Waals surface area contributed by atoms with Gasteiger partial charge in [-0.1, -0.05) is 25.1 Å². The van der Waals surface area contributed by atoms with Crippen LogP contribution in [0.2, 0.25) is 0 Å². The molecule has 2 aliphatic rings. The quantitative estimate of drug-likeness (QED) is 0.199. The highest BCUT2D eigenvalue weighted by atomic mass is 35.5. The maximum Gasteiger partial charge on any atom is 0.432 e. The molecule has 1 atom stereocenters. The minimum atomic E-state index is -1.40. The van der Waals surface area contributed by atoms with Gasteiger partial charge in [0, 0.05) is 62.9 Å². The number of benzene rings is 2. The fourth-order valence-electron chi connectivity index (χ4n) is 5.38. The number of halogens is 4. The van der Waals surface area contributed by atoms with Crippen LogP contribution in [0.3, 0.4) is 0 Å². The molecule has 0 spiro atoms. The molecule has 43 heavy (non-hydrogen) atoms. The summed E-state index contributed by atoms with van der Waals surface area (Å²) in [6.07, 6.45) is 0.875. The van der Waals surface area contributed by atoms with Gasteiger partial charge in [0.15, 0.2) is 0 Å². The van der Waals surface area contributed by atoms with Gasteiger partial charge in [-0.05, 0) is 18.2 Å². The number of amides is 6. The van der Waals surface area contributed by atoms with Crippen molar-refractivity contribution in [3.05, 3.63) is 76.5 Å². The summed E-state index contributed by atoms with van der Waals surface area (Å²) in [5, 5.41) is 2.51. The number of rotatable bonds is 9. The van der Waals surface area contributed by atoms with Gasteiger partial charge in [-0.2, -0.15) is 4.90 Å². The Balaban J connectivity index is 0.00000323. The van der Waals surface area contributed by atoms with E-state index in [4.69, 9.17) is 11.5 Å². The average molecular weight is 643 g/mol. The van der Waals surface area contributed by atoms with Crippen molar-refractivity contribution in [1.82, 2.24) is 9.80 Å². The summed E-state index contributed by atoms with van der Waals surface area (Å²) >= 11 is 0.